The van der Waals surface area contributed by atoms with Crippen molar-refractivity contribution in [3.8, 4) is 0 Å². The lowest BCUT2D eigenvalue weighted by Gasteiger charge is -2.07. The number of fused-ring (bicyclic) bond motifs is 1. The van der Waals surface area contributed by atoms with Crippen LogP contribution >= 0.6 is 11.8 Å². The molecule has 0 unspecified atom stereocenters. The van der Waals surface area contributed by atoms with Crippen molar-refractivity contribution in [3.05, 3.63) is 76.2 Å². The Labute approximate surface area is 130 Å². The largest absolute Gasteiger partial charge is 0.411 e. The third-order valence-corrected chi connectivity index (χ3v) is 4.20. The molecule has 0 bridgehead atoms. The lowest BCUT2D eigenvalue weighted by Crippen LogP contribution is -2.20. The highest BCUT2D eigenvalue weighted by molar-refractivity contribution is 7.98. The van der Waals surface area contributed by atoms with Crippen LogP contribution in [0.15, 0.2) is 69.7 Å². The van der Waals surface area contributed by atoms with Crippen molar-refractivity contribution in [2.75, 3.05) is 0 Å². The first kappa shape index (κ1) is 14.3. The summed E-state index contributed by atoms with van der Waals surface area (Å²) in [7, 11) is 0. The maximum Gasteiger partial charge on any atom is 0.267 e. The molecule has 5 nitrogen and oxygen atoms in total. The molecule has 0 saturated carbocycles. The minimum absolute atomic E-state index is 0.251. The summed E-state index contributed by atoms with van der Waals surface area (Å²) in [6.07, 6.45) is 2.78. The fraction of sp³-hybridized carbons (Fsp3) is 0.0625. The standard InChI is InChI=1S/C16H13N3O2S/c20-16-13(10-17-21)15(18-14-8-4-5-9-19(14)16)22-11-12-6-2-1-3-7-12/h1-10,21H,11H2/b17-10+. The SMILES string of the molecule is O=c1c(/C=N/O)c(SCc2ccccc2)nc2ccccn12. The van der Waals surface area contributed by atoms with Gasteiger partial charge in [0.15, 0.2) is 0 Å². The van der Waals surface area contributed by atoms with Crippen molar-refractivity contribution < 1.29 is 5.21 Å². The Kier molecular flexibility index (Phi) is 4.20. The van der Waals surface area contributed by atoms with Crippen LogP contribution in [0.3, 0.4) is 0 Å². The third kappa shape index (κ3) is 2.87. The van der Waals surface area contributed by atoms with Crippen LogP contribution in [0, 0.1) is 0 Å². The van der Waals surface area contributed by atoms with Crippen LogP contribution in [-0.4, -0.2) is 20.8 Å². The normalized spacial score (nSPS) is 11.3. The molecule has 0 amide bonds. The van der Waals surface area contributed by atoms with E-state index in [1.807, 2.05) is 36.4 Å². The van der Waals surface area contributed by atoms with Crippen molar-refractivity contribution in [2.45, 2.75) is 10.8 Å². The number of hydrogen-bond acceptors (Lipinski definition) is 5. The Bertz CT molecular complexity index is 875. The van der Waals surface area contributed by atoms with Crippen molar-refractivity contribution >= 4 is 23.6 Å². The molecule has 0 spiro atoms. The number of hydrogen-bond donors (Lipinski definition) is 1. The van der Waals surface area contributed by atoms with Crippen molar-refractivity contribution in [2.24, 2.45) is 5.16 Å². The summed E-state index contributed by atoms with van der Waals surface area (Å²) in [5.41, 5.74) is 1.73. The van der Waals surface area contributed by atoms with Gasteiger partial charge >= 0.3 is 0 Å². The van der Waals surface area contributed by atoms with Gasteiger partial charge in [-0.05, 0) is 17.7 Å². The van der Waals surface area contributed by atoms with Gasteiger partial charge in [0.1, 0.15) is 10.7 Å². The number of nitrogens with zero attached hydrogens (tertiary/aromatic N) is 3. The number of oxime groups is 1. The first-order valence-corrected chi connectivity index (χ1v) is 7.63. The summed E-state index contributed by atoms with van der Waals surface area (Å²) < 4.78 is 1.43. The molecule has 0 aliphatic carbocycles. The molecule has 0 fully saturated rings. The molecule has 0 aliphatic rings. The Balaban J connectivity index is 2.03. The van der Waals surface area contributed by atoms with Crippen molar-refractivity contribution in [3.63, 3.8) is 0 Å². The van der Waals surface area contributed by atoms with E-state index in [1.54, 1.807) is 18.3 Å². The molecule has 1 N–H and O–H groups in total. The van der Waals surface area contributed by atoms with E-state index in [2.05, 4.69) is 10.1 Å². The van der Waals surface area contributed by atoms with Crippen LogP contribution in [0.25, 0.3) is 5.65 Å². The molecule has 1 aromatic carbocycles. The van der Waals surface area contributed by atoms with Crippen LogP contribution in [-0.2, 0) is 5.75 Å². The summed E-state index contributed by atoms with van der Waals surface area (Å²) in [6, 6.07) is 15.3. The molecule has 0 saturated heterocycles. The van der Waals surface area contributed by atoms with Gasteiger partial charge in [0, 0.05) is 11.9 Å². The first-order chi connectivity index (χ1) is 10.8. The van der Waals surface area contributed by atoms with Crippen LogP contribution in [0.1, 0.15) is 11.1 Å². The van der Waals surface area contributed by atoms with E-state index in [1.165, 1.54) is 16.2 Å². The van der Waals surface area contributed by atoms with E-state index < -0.39 is 0 Å². The highest BCUT2D eigenvalue weighted by Crippen LogP contribution is 2.22. The minimum atomic E-state index is -0.251. The summed E-state index contributed by atoms with van der Waals surface area (Å²) in [6.45, 7) is 0. The first-order valence-electron chi connectivity index (χ1n) is 6.65. The fourth-order valence-electron chi connectivity index (χ4n) is 2.09. The Morgan fingerprint density at radius 2 is 1.95 bits per heavy atom. The number of benzene rings is 1. The highest BCUT2D eigenvalue weighted by Gasteiger charge is 2.12. The van der Waals surface area contributed by atoms with E-state index in [0.29, 0.717) is 16.4 Å². The number of thioether (sulfide) groups is 1. The molecular weight excluding hydrogens is 298 g/mol. The number of aromatic nitrogens is 2. The van der Waals surface area contributed by atoms with Crippen LogP contribution in [0.2, 0.25) is 0 Å². The molecule has 3 aromatic rings. The zero-order valence-electron chi connectivity index (χ0n) is 11.6. The second-order valence-electron chi connectivity index (χ2n) is 4.58. The van der Waals surface area contributed by atoms with Crippen LogP contribution < -0.4 is 5.56 Å². The lowest BCUT2D eigenvalue weighted by molar-refractivity contribution is 0.321. The number of rotatable bonds is 4. The average Bonchev–Trinajstić information content (AvgIpc) is 2.57. The Morgan fingerprint density at radius 1 is 1.18 bits per heavy atom. The van der Waals surface area contributed by atoms with Crippen molar-refractivity contribution in [1.29, 1.82) is 0 Å². The van der Waals surface area contributed by atoms with E-state index in [0.717, 1.165) is 11.8 Å². The second-order valence-corrected chi connectivity index (χ2v) is 5.55. The van der Waals surface area contributed by atoms with E-state index in [-0.39, 0.29) is 11.1 Å². The molecule has 3 rings (SSSR count). The lowest BCUT2D eigenvalue weighted by atomic mass is 10.2. The predicted molar refractivity (Wildman–Crippen MR) is 86.8 cm³/mol. The summed E-state index contributed by atoms with van der Waals surface area (Å²) in [5.74, 6) is 0.683. The molecule has 0 aliphatic heterocycles. The van der Waals surface area contributed by atoms with E-state index in [4.69, 9.17) is 5.21 Å². The summed E-state index contributed by atoms with van der Waals surface area (Å²) in [4.78, 5) is 17.0. The third-order valence-electron chi connectivity index (χ3n) is 3.14. The molecule has 0 radical (unpaired) electrons. The molecule has 0 atom stereocenters. The minimum Gasteiger partial charge on any atom is -0.411 e. The van der Waals surface area contributed by atoms with E-state index in [9.17, 15) is 4.79 Å². The maximum absolute atomic E-state index is 12.5. The molecular formula is C16H13N3O2S. The van der Waals surface area contributed by atoms with Gasteiger partial charge in [-0.25, -0.2) is 4.98 Å². The number of pyridine rings is 1. The van der Waals surface area contributed by atoms with Crippen LogP contribution in [0.4, 0.5) is 0 Å². The molecule has 2 heterocycles. The quantitative estimate of drug-likeness (QED) is 0.264. The zero-order valence-corrected chi connectivity index (χ0v) is 12.4. The second kappa shape index (κ2) is 6.44. The summed E-state index contributed by atoms with van der Waals surface area (Å²) in [5, 5.41) is 12.4. The van der Waals surface area contributed by atoms with Crippen molar-refractivity contribution in [1.82, 2.24) is 9.38 Å². The van der Waals surface area contributed by atoms with Gasteiger partial charge in [-0.2, -0.15) is 0 Å². The topological polar surface area (TPSA) is 67.0 Å². The fourth-order valence-corrected chi connectivity index (χ4v) is 3.04. The zero-order chi connectivity index (χ0) is 15.4. The molecule has 22 heavy (non-hydrogen) atoms. The van der Waals surface area contributed by atoms with Gasteiger partial charge in [-0.1, -0.05) is 41.6 Å². The molecule has 6 heteroatoms. The average molecular weight is 311 g/mol. The predicted octanol–water partition coefficient (Wildman–Crippen LogP) is 2.79. The molecule has 110 valence electrons. The van der Waals surface area contributed by atoms with Gasteiger partial charge in [-0.3, -0.25) is 9.20 Å². The van der Waals surface area contributed by atoms with E-state index >= 15 is 0 Å². The summed E-state index contributed by atoms with van der Waals surface area (Å²) >= 11 is 1.44. The smallest absolute Gasteiger partial charge is 0.267 e. The van der Waals surface area contributed by atoms with Gasteiger partial charge in [0.2, 0.25) is 0 Å². The Hall–Kier alpha value is -2.60. The highest BCUT2D eigenvalue weighted by atomic mass is 32.2. The Morgan fingerprint density at radius 3 is 2.73 bits per heavy atom. The van der Waals surface area contributed by atoms with Gasteiger partial charge in [-0.15, -0.1) is 11.8 Å². The monoisotopic (exact) mass is 311 g/mol. The maximum atomic E-state index is 12.5. The van der Waals surface area contributed by atoms with Gasteiger partial charge < -0.3 is 5.21 Å². The van der Waals surface area contributed by atoms with Gasteiger partial charge in [0.25, 0.3) is 5.56 Å². The van der Waals surface area contributed by atoms with Crippen LogP contribution in [0.5, 0.6) is 0 Å². The van der Waals surface area contributed by atoms with Gasteiger partial charge in [0.05, 0.1) is 11.8 Å². The molecule has 2 aromatic heterocycles.